The molecule has 0 atom stereocenters. The molecular weight excluding hydrogens is 212 g/mol. The number of carbonyl (C=O) groups is 1. The van der Waals surface area contributed by atoms with Crippen LogP contribution in [0.4, 0.5) is 0 Å². The van der Waals surface area contributed by atoms with Crippen molar-refractivity contribution in [2.75, 3.05) is 7.05 Å². The first-order valence-corrected chi connectivity index (χ1v) is 4.31. The van der Waals surface area contributed by atoms with Crippen LogP contribution in [0, 0.1) is 0 Å². The average molecular weight is 222 g/mol. The van der Waals surface area contributed by atoms with Crippen LogP contribution in [0.2, 0.25) is 0 Å². The third kappa shape index (κ3) is 2.32. The summed E-state index contributed by atoms with van der Waals surface area (Å²) >= 11 is 0. The van der Waals surface area contributed by atoms with Gasteiger partial charge >= 0.3 is 0 Å². The number of pyridine rings is 1. The molecule has 7 nitrogen and oxygen atoms in total. The van der Waals surface area contributed by atoms with E-state index in [1.165, 1.54) is 19.4 Å². The molecule has 1 rings (SSSR count). The zero-order valence-electron chi connectivity index (χ0n) is 8.45. The van der Waals surface area contributed by atoms with Gasteiger partial charge in [0.15, 0.2) is 5.71 Å². The Morgan fingerprint density at radius 3 is 2.62 bits per heavy atom. The molecule has 0 fully saturated rings. The summed E-state index contributed by atoms with van der Waals surface area (Å²) in [7, 11) is 1.37. The van der Waals surface area contributed by atoms with E-state index in [0.29, 0.717) is 5.56 Å². The standard InChI is InChI=1S/C9H10N4O3/c1-10-9(14)8(13-16)7(12-15)6-3-2-4-11-5-6/h2-5,15-16H,1H3,(H,10,14). The Kier molecular flexibility index (Phi) is 3.96. The maximum Gasteiger partial charge on any atom is 0.275 e. The van der Waals surface area contributed by atoms with Gasteiger partial charge in [-0.05, 0) is 12.1 Å². The molecule has 3 N–H and O–H groups in total. The molecule has 7 heteroatoms. The van der Waals surface area contributed by atoms with E-state index in [1.54, 1.807) is 12.1 Å². The van der Waals surface area contributed by atoms with E-state index in [0.717, 1.165) is 0 Å². The predicted octanol–water partition coefficient (Wildman–Crippen LogP) is -0.164. The summed E-state index contributed by atoms with van der Waals surface area (Å²) in [6.45, 7) is 0. The normalized spacial score (nSPS) is 12.3. The lowest BCUT2D eigenvalue weighted by atomic mass is 10.1. The predicted molar refractivity (Wildman–Crippen MR) is 55.8 cm³/mol. The molecule has 0 radical (unpaired) electrons. The molecule has 1 amide bonds. The summed E-state index contributed by atoms with van der Waals surface area (Å²) in [6.07, 6.45) is 2.90. The Bertz CT molecular complexity index is 428. The van der Waals surface area contributed by atoms with Crippen LogP contribution in [0.15, 0.2) is 34.8 Å². The minimum absolute atomic E-state index is 0.157. The van der Waals surface area contributed by atoms with Gasteiger partial charge in [-0.15, -0.1) is 0 Å². The van der Waals surface area contributed by atoms with Crippen LogP contribution in [0.1, 0.15) is 5.56 Å². The van der Waals surface area contributed by atoms with Gasteiger partial charge < -0.3 is 15.7 Å². The molecule has 0 saturated heterocycles. The zero-order chi connectivity index (χ0) is 12.0. The molecule has 16 heavy (non-hydrogen) atoms. The Balaban J connectivity index is 3.14. The molecule has 0 aliphatic heterocycles. The minimum Gasteiger partial charge on any atom is -0.410 e. The van der Waals surface area contributed by atoms with Crippen LogP contribution < -0.4 is 5.32 Å². The van der Waals surface area contributed by atoms with Gasteiger partial charge in [0.1, 0.15) is 5.71 Å². The first kappa shape index (κ1) is 11.6. The van der Waals surface area contributed by atoms with Crippen LogP contribution >= 0.6 is 0 Å². The van der Waals surface area contributed by atoms with Crippen molar-refractivity contribution < 1.29 is 15.2 Å². The number of carbonyl (C=O) groups excluding carboxylic acids is 1. The van der Waals surface area contributed by atoms with E-state index in [2.05, 4.69) is 20.6 Å². The van der Waals surface area contributed by atoms with Gasteiger partial charge in [0.2, 0.25) is 0 Å². The monoisotopic (exact) mass is 222 g/mol. The van der Waals surface area contributed by atoms with Gasteiger partial charge in [-0.2, -0.15) is 0 Å². The van der Waals surface area contributed by atoms with Crippen LogP contribution in [0.5, 0.6) is 0 Å². The van der Waals surface area contributed by atoms with E-state index in [9.17, 15) is 4.79 Å². The highest BCUT2D eigenvalue weighted by atomic mass is 16.4. The van der Waals surface area contributed by atoms with Gasteiger partial charge in [0.25, 0.3) is 5.91 Å². The quantitative estimate of drug-likeness (QED) is 0.375. The van der Waals surface area contributed by atoms with Crippen molar-refractivity contribution in [3.63, 3.8) is 0 Å². The minimum atomic E-state index is -0.667. The third-order valence-electron chi connectivity index (χ3n) is 1.80. The molecule has 0 aromatic carbocycles. The molecule has 0 saturated carbocycles. The van der Waals surface area contributed by atoms with Crippen molar-refractivity contribution in [1.82, 2.24) is 10.3 Å². The van der Waals surface area contributed by atoms with E-state index in [4.69, 9.17) is 10.4 Å². The van der Waals surface area contributed by atoms with E-state index in [1.807, 2.05) is 0 Å². The molecular formula is C9H10N4O3. The van der Waals surface area contributed by atoms with Crippen molar-refractivity contribution in [3.8, 4) is 0 Å². The maximum atomic E-state index is 11.3. The number of oxime groups is 2. The third-order valence-corrected chi connectivity index (χ3v) is 1.80. The molecule has 0 aliphatic rings. The summed E-state index contributed by atoms with van der Waals surface area (Å²) < 4.78 is 0. The van der Waals surface area contributed by atoms with Gasteiger partial charge in [-0.1, -0.05) is 10.3 Å². The Labute approximate surface area is 91.1 Å². The van der Waals surface area contributed by atoms with Crippen LogP contribution in [0.3, 0.4) is 0 Å². The molecule has 1 aromatic heterocycles. The second-order valence-corrected chi connectivity index (χ2v) is 2.72. The highest BCUT2D eigenvalue weighted by molar-refractivity contribution is 6.69. The van der Waals surface area contributed by atoms with Crippen molar-refractivity contribution in [3.05, 3.63) is 30.1 Å². The molecule has 0 spiro atoms. The van der Waals surface area contributed by atoms with E-state index in [-0.39, 0.29) is 5.71 Å². The van der Waals surface area contributed by atoms with Crippen molar-refractivity contribution in [2.45, 2.75) is 0 Å². The summed E-state index contributed by atoms with van der Waals surface area (Å²) in [5.41, 5.74) is -0.186. The number of nitrogens with zero attached hydrogens (tertiary/aromatic N) is 3. The second kappa shape index (κ2) is 5.44. The van der Waals surface area contributed by atoms with Gasteiger partial charge in [-0.25, -0.2) is 0 Å². The first-order chi connectivity index (χ1) is 7.74. The van der Waals surface area contributed by atoms with Gasteiger partial charge in [0.05, 0.1) is 0 Å². The highest BCUT2D eigenvalue weighted by Crippen LogP contribution is 2.01. The molecule has 1 heterocycles. The molecule has 84 valence electrons. The number of hydrogen-bond acceptors (Lipinski definition) is 6. The number of nitrogens with one attached hydrogen (secondary N) is 1. The molecule has 0 unspecified atom stereocenters. The molecule has 1 aromatic rings. The fourth-order valence-corrected chi connectivity index (χ4v) is 1.06. The summed E-state index contributed by atoms with van der Waals surface area (Å²) in [6, 6.07) is 3.16. The van der Waals surface area contributed by atoms with Crippen molar-refractivity contribution in [1.29, 1.82) is 0 Å². The van der Waals surface area contributed by atoms with Gasteiger partial charge in [0, 0.05) is 25.0 Å². The smallest absolute Gasteiger partial charge is 0.275 e. The summed E-state index contributed by atoms with van der Waals surface area (Å²) in [5.74, 6) is -0.667. The largest absolute Gasteiger partial charge is 0.410 e. The zero-order valence-corrected chi connectivity index (χ0v) is 8.45. The summed E-state index contributed by atoms with van der Waals surface area (Å²) in [4.78, 5) is 15.1. The Morgan fingerprint density at radius 1 is 1.44 bits per heavy atom. The lowest BCUT2D eigenvalue weighted by Crippen LogP contribution is -2.34. The van der Waals surface area contributed by atoms with Crippen LogP contribution in [-0.4, -0.2) is 39.8 Å². The van der Waals surface area contributed by atoms with E-state index >= 15 is 0 Å². The fourth-order valence-electron chi connectivity index (χ4n) is 1.06. The topological polar surface area (TPSA) is 107 Å². The summed E-state index contributed by atoms with van der Waals surface area (Å²) in [5, 5.41) is 25.5. The van der Waals surface area contributed by atoms with Crippen molar-refractivity contribution in [2.24, 2.45) is 10.3 Å². The number of aromatic nitrogens is 1. The number of hydrogen-bond donors (Lipinski definition) is 3. The number of amides is 1. The van der Waals surface area contributed by atoms with Crippen LogP contribution in [0.25, 0.3) is 0 Å². The molecule has 0 aliphatic carbocycles. The van der Waals surface area contributed by atoms with Gasteiger partial charge in [-0.3, -0.25) is 9.78 Å². The number of rotatable bonds is 3. The Hall–Kier alpha value is -2.44. The lowest BCUT2D eigenvalue weighted by Gasteiger charge is -2.04. The fraction of sp³-hybridized carbons (Fsp3) is 0.111. The van der Waals surface area contributed by atoms with Crippen molar-refractivity contribution >= 4 is 17.3 Å². The average Bonchev–Trinajstić information content (AvgIpc) is 2.36. The van der Waals surface area contributed by atoms with Crippen LogP contribution in [-0.2, 0) is 4.79 Å². The SMILES string of the molecule is CNC(=O)C(=NO)C(=NO)c1cccnc1. The van der Waals surface area contributed by atoms with E-state index < -0.39 is 11.6 Å². The molecule has 0 bridgehead atoms. The second-order valence-electron chi connectivity index (χ2n) is 2.72. The Morgan fingerprint density at radius 2 is 2.19 bits per heavy atom. The highest BCUT2D eigenvalue weighted by Gasteiger charge is 2.20. The lowest BCUT2D eigenvalue weighted by molar-refractivity contribution is -0.114. The maximum absolute atomic E-state index is 11.3. The first-order valence-electron chi connectivity index (χ1n) is 4.31.